The molecule has 0 bridgehead atoms. The summed E-state index contributed by atoms with van der Waals surface area (Å²) in [5, 5.41) is 9.11. The Morgan fingerprint density at radius 1 is 1.19 bits per heavy atom. The van der Waals surface area contributed by atoms with Gasteiger partial charge < -0.3 is 9.84 Å². The summed E-state index contributed by atoms with van der Waals surface area (Å²) in [6.45, 7) is -0.124. The molecule has 1 aliphatic rings. The number of rotatable bonds is 3. The van der Waals surface area contributed by atoms with Gasteiger partial charge in [0.15, 0.2) is 0 Å². The van der Waals surface area contributed by atoms with Gasteiger partial charge in [0.05, 0.1) is 6.61 Å². The molecular weight excluding hydrogens is 306 g/mol. The zero-order chi connectivity index (χ0) is 16.3. The number of carbonyl (C=O) groups excluding carboxylic acids is 1. The highest BCUT2D eigenvalue weighted by molar-refractivity contribution is 5.94. The third kappa shape index (κ3) is 5.16. The molecule has 0 atom stereocenters. The molecule has 1 aliphatic heterocycles. The van der Waals surface area contributed by atoms with Gasteiger partial charge in [-0.05, 0) is 24.5 Å². The Balaban J connectivity index is 2.95. The van der Waals surface area contributed by atoms with E-state index in [9.17, 15) is 31.1 Å². The fourth-order valence-electron chi connectivity index (χ4n) is 1.52. The van der Waals surface area contributed by atoms with Gasteiger partial charge in [-0.3, -0.25) is 4.79 Å². The quantitative estimate of drug-likeness (QED) is 0.373. The number of hydrogen-bond acceptors (Lipinski definition) is 3. The van der Waals surface area contributed by atoms with E-state index in [1.165, 1.54) is 0 Å². The zero-order valence-electron chi connectivity index (χ0n) is 10.4. The summed E-state index contributed by atoms with van der Waals surface area (Å²) in [6, 6.07) is 0. The summed E-state index contributed by atoms with van der Waals surface area (Å²) in [5.41, 5.74) is -0.312. The standard InChI is InChI=1S/C12H10F6O3/c13-11(14,15)9(20)6-8(19)4-3-7-2-1-5-21-10(7)12(16,17)18/h3-4,6,19H,1-2,5H2/b4-3+,8-6-. The van der Waals surface area contributed by atoms with E-state index in [1.807, 2.05) is 0 Å². The molecule has 0 amide bonds. The molecule has 1 rings (SSSR count). The Morgan fingerprint density at radius 3 is 2.33 bits per heavy atom. The number of ether oxygens (including phenoxy) is 1. The molecule has 0 saturated carbocycles. The molecule has 3 nitrogen and oxygen atoms in total. The second-order valence-electron chi connectivity index (χ2n) is 4.07. The normalized spacial score (nSPS) is 18.1. The van der Waals surface area contributed by atoms with E-state index in [1.54, 1.807) is 0 Å². The van der Waals surface area contributed by atoms with Gasteiger partial charge in [0.1, 0.15) is 5.76 Å². The summed E-state index contributed by atoms with van der Waals surface area (Å²) in [5.74, 6) is -4.66. The third-order valence-electron chi connectivity index (χ3n) is 2.40. The first kappa shape index (κ1) is 17.1. The minimum atomic E-state index is -5.16. The van der Waals surface area contributed by atoms with Crippen molar-refractivity contribution in [1.82, 2.24) is 0 Å². The molecule has 0 aromatic heterocycles. The predicted molar refractivity (Wildman–Crippen MR) is 59.2 cm³/mol. The van der Waals surface area contributed by atoms with Gasteiger partial charge >= 0.3 is 12.4 Å². The summed E-state index contributed by atoms with van der Waals surface area (Å²) in [4.78, 5) is 10.5. The Bertz CT molecular complexity index is 496. The molecule has 0 aliphatic carbocycles. The van der Waals surface area contributed by atoms with Crippen molar-refractivity contribution in [1.29, 1.82) is 0 Å². The van der Waals surface area contributed by atoms with Crippen molar-refractivity contribution in [3.63, 3.8) is 0 Å². The van der Waals surface area contributed by atoms with E-state index >= 15 is 0 Å². The minimum absolute atomic E-state index is 0.00809. The van der Waals surface area contributed by atoms with Crippen molar-refractivity contribution in [3.8, 4) is 0 Å². The van der Waals surface area contributed by atoms with Crippen LogP contribution in [0.3, 0.4) is 0 Å². The Morgan fingerprint density at radius 2 is 1.81 bits per heavy atom. The first-order chi connectivity index (χ1) is 9.51. The van der Waals surface area contributed by atoms with Crippen LogP contribution in [0, 0.1) is 0 Å². The molecule has 0 aromatic rings. The molecule has 0 aromatic carbocycles. The first-order valence-corrected chi connectivity index (χ1v) is 5.65. The van der Waals surface area contributed by atoms with E-state index in [2.05, 4.69) is 4.74 Å². The molecule has 21 heavy (non-hydrogen) atoms. The summed E-state index contributed by atoms with van der Waals surface area (Å²) < 4.78 is 78.0. The highest BCUT2D eigenvalue weighted by Gasteiger charge is 2.39. The van der Waals surface area contributed by atoms with E-state index in [-0.39, 0.29) is 24.7 Å². The molecule has 0 fully saturated rings. The number of halogens is 6. The van der Waals surface area contributed by atoms with Gasteiger partial charge in [-0.15, -0.1) is 0 Å². The lowest BCUT2D eigenvalue weighted by atomic mass is 10.1. The van der Waals surface area contributed by atoms with Gasteiger partial charge in [0, 0.05) is 6.08 Å². The summed E-state index contributed by atoms with van der Waals surface area (Å²) in [6.07, 6.45) is -8.37. The number of aliphatic hydroxyl groups excluding tert-OH is 1. The average molecular weight is 316 g/mol. The van der Waals surface area contributed by atoms with Gasteiger partial charge in [0.25, 0.3) is 5.78 Å². The van der Waals surface area contributed by atoms with Crippen LogP contribution in [0.25, 0.3) is 0 Å². The van der Waals surface area contributed by atoms with Crippen molar-refractivity contribution in [2.75, 3.05) is 6.61 Å². The van der Waals surface area contributed by atoms with Crippen molar-refractivity contribution < 1.29 is 41.0 Å². The molecule has 1 N–H and O–H groups in total. The van der Waals surface area contributed by atoms with Crippen LogP contribution in [-0.4, -0.2) is 29.8 Å². The lowest BCUT2D eigenvalue weighted by molar-refractivity contribution is -0.165. The van der Waals surface area contributed by atoms with Crippen molar-refractivity contribution >= 4 is 5.78 Å². The van der Waals surface area contributed by atoms with E-state index in [0.29, 0.717) is 12.5 Å². The maximum atomic E-state index is 12.6. The zero-order valence-corrected chi connectivity index (χ0v) is 10.4. The Hall–Kier alpha value is -1.93. The molecule has 0 radical (unpaired) electrons. The maximum absolute atomic E-state index is 12.6. The minimum Gasteiger partial charge on any atom is -0.508 e. The first-order valence-electron chi connectivity index (χ1n) is 5.65. The lowest BCUT2D eigenvalue weighted by Gasteiger charge is -2.21. The van der Waals surface area contributed by atoms with Gasteiger partial charge in [-0.1, -0.05) is 6.08 Å². The summed E-state index contributed by atoms with van der Waals surface area (Å²) >= 11 is 0. The number of aliphatic hydroxyl groups is 1. The van der Waals surface area contributed by atoms with Gasteiger partial charge in [-0.2, -0.15) is 26.3 Å². The smallest absolute Gasteiger partial charge is 0.454 e. The van der Waals surface area contributed by atoms with Gasteiger partial charge in [-0.25, -0.2) is 0 Å². The van der Waals surface area contributed by atoms with Crippen LogP contribution in [0.5, 0.6) is 0 Å². The third-order valence-corrected chi connectivity index (χ3v) is 2.40. The van der Waals surface area contributed by atoms with Gasteiger partial charge in [0.2, 0.25) is 5.76 Å². The average Bonchev–Trinajstić information content (AvgIpc) is 2.34. The van der Waals surface area contributed by atoms with Crippen LogP contribution >= 0.6 is 0 Å². The molecule has 9 heteroatoms. The maximum Gasteiger partial charge on any atom is 0.454 e. The number of ketones is 1. The fourth-order valence-corrected chi connectivity index (χ4v) is 1.52. The predicted octanol–water partition coefficient (Wildman–Crippen LogP) is 3.74. The number of hydrogen-bond donors (Lipinski definition) is 1. The fraction of sp³-hybridized carbons (Fsp3) is 0.417. The van der Waals surface area contributed by atoms with E-state index in [0.717, 1.165) is 6.08 Å². The largest absolute Gasteiger partial charge is 0.508 e. The topological polar surface area (TPSA) is 46.5 Å². The van der Waals surface area contributed by atoms with Crippen LogP contribution in [0.2, 0.25) is 0 Å². The SMILES string of the molecule is O=C(/C=C(O)/C=C/C1=C(C(F)(F)F)OCCC1)C(F)(F)F. The molecule has 118 valence electrons. The molecule has 0 saturated heterocycles. The van der Waals surface area contributed by atoms with Crippen LogP contribution < -0.4 is 0 Å². The monoisotopic (exact) mass is 316 g/mol. The second kappa shape index (κ2) is 6.23. The van der Waals surface area contributed by atoms with E-state index < -0.39 is 29.7 Å². The van der Waals surface area contributed by atoms with Crippen molar-refractivity contribution in [2.45, 2.75) is 25.2 Å². The lowest BCUT2D eigenvalue weighted by Crippen LogP contribution is -2.21. The number of alkyl halides is 6. The highest BCUT2D eigenvalue weighted by atomic mass is 19.4. The van der Waals surface area contributed by atoms with Crippen LogP contribution in [0.15, 0.2) is 35.3 Å². The van der Waals surface area contributed by atoms with Crippen molar-refractivity contribution in [3.05, 3.63) is 35.3 Å². The van der Waals surface area contributed by atoms with Crippen LogP contribution in [0.1, 0.15) is 12.8 Å². The highest BCUT2D eigenvalue weighted by Crippen LogP contribution is 2.34. The van der Waals surface area contributed by atoms with Crippen LogP contribution in [-0.2, 0) is 9.53 Å². The molecule has 0 spiro atoms. The number of carbonyl (C=O) groups is 1. The Kier molecular flexibility index (Phi) is 5.08. The Labute approximate surface area is 115 Å². The number of allylic oxidation sites excluding steroid dienone is 5. The molecule has 1 heterocycles. The molecular formula is C12H10F6O3. The van der Waals surface area contributed by atoms with Crippen molar-refractivity contribution in [2.24, 2.45) is 0 Å². The van der Waals surface area contributed by atoms with E-state index in [4.69, 9.17) is 5.11 Å². The molecule has 0 unspecified atom stereocenters. The van der Waals surface area contributed by atoms with Crippen LogP contribution in [0.4, 0.5) is 26.3 Å². The second-order valence-corrected chi connectivity index (χ2v) is 4.07. The summed E-state index contributed by atoms with van der Waals surface area (Å²) in [7, 11) is 0.